The molecule has 1 N–H and O–H groups in total. The van der Waals surface area contributed by atoms with Gasteiger partial charge in [-0.05, 0) is 23.8 Å². The predicted molar refractivity (Wildman–Crippen MR) is 83.0 cm³/mol. The molecule has 3 rings (SSSR count). The van der Waals surface area contributed by atoms with Crippen molar-refractivity contribution >= 4 is 23.4 Å². The number of rotatable bonds is 4. The highest BCUT2D eigenvalue weighted by Crippen LogP contribution is 2.30. The van der Waals surface area contributed by atoms with E-state index in [0.29, 0.717) is 28.7 Å². The second-order valence-electron chi connectivity index (χ2n) is 5.17. The molecule has 0 saturated carbocycles. The van der Waals surface area contributed by atoms with Crippen LogP contribution in [0.1, 0.15) is 11.1 Å². The van der Waals surface area contributed by atoms with Crippen LogP contribution in [0.3, 0.4) is 0 Å². The molecular formula is C17H13ClO5. The van der Waals surface area contributed by atoms with Crippen LogP contribution < -0.4 is 9.47 Å². The first-order valence-corrected chi connectivity index (χ1v) is 7.33. The van der Waals surface area contributed by atoms with Gasteiger partial charge >= 0.3 is 5.97 Å². The zero-order valence-corrected chi connectivity index (χ0v) is 12.7. The maximum Gasteiger partial charge on any atom is 0.352 e. The Morgan fingerprint density at radius 1 is 1.30 bits per heavy atom. The molecular weight excluding hydrogens is 320 g/mol. The van der Waals surface area contributed by atoms with E-state index in [1.165, 1.54) is 0 Å². The molecule has 1 heterocycles. The zero-order valence-electron chi connectivity index (χ0n) is 12.0. The maximum atomic E-state index is 11.7. The molecule has 0 spiro atoms. The smallest absolute Gasteiger partial charge is 0.352 e. The fourth-order valence-corrected chi connectivity index (χ4v) is 2.55. The van der Waals surface area contributed by atoms with Crippen LogP contribution in [-0.2, 0) is 22.6 Å². The number of Topliss-reactive ketones (excluding diaryl/α,β-unsaturated/α-hetero) is 1. The molecule has 0 fully saturated rings. The van der Waals surface area contributed by atoms with Crippen molar-refractivity contribution in [3.05, 3.63) is 58.6 Å². The number of ether oxygens (including phenoxy) is 2. The van der Waals surface area contributed by atoms with E-state index in [0.717, 1.165) is 5.56 Å². The van der Waals surface area contributed by atoms with Crippen LogP contribution in [0, 0.1) is 0 Å². The van der Waals surface area contributed by atoms with Crippen LogP contribution in [0.25, 0.3) is 0 Å². The topological polar surface area (TPSA) is 72.8 Å². The highest BCUT2D eigenvalue weighted by atomic mass is 35.5. The van der Waals surface area contributed by atoms with Gasteiger partial charge in [-0.15, -0.1) is 0 Å². The van der Waals surface area contributed by atoms with Crippen molar-refractivity contribution in [1.29, 1.82) is 0 Å². The van der Waals surface area contributed by atoms with E-state index in [1.54, 1.807) is 30.3 Å². The van der Waals surface area contributed by atoms with Gasteiger partial charge < -0.3 is 14.6 Å². The average Bonchev–Trinajstić information content (AvgIpc) is 2.52. The summed E-state index contributed by atoms with van der Waals surface area (Å²) in [6.07, 6.45) is -1.41. The SMILES string of the molecule is O=C(O)C1Oc2cc(OCc3cccc(Cl)c3)ccc2CC1=O. The molecule has 6 heteroatoms. The fourth-order valence-electron chi connectivity index (χ4n) is 2.34. The fraction of sp³-hybridized carbons (Fsp3) is 0.176. The number of carboxylic acids is 1. The van der Waals surface area contributed by atoms with Gasteiger partial charge in [0, 0.05) is 23.1 Å². The standard InChI is InChI=1S/C17H13ClO5/c18-12-3-1-2-10(6-12)9-22-13-5-4-11-7-14(19)16(17(20)21)23-15(11)8-13/h1-6,8,16H,7,9H2,(H,20,21). The number of fused-ring (bicyclic) bond motifs is 1. The van der Waals surface area contributed by atoms with E-state index in [4.69, 9.17) is 26.2 Å². The molecule has 5 nitrogen and oxygen atoms in total. The monoisotopic (exact) mass is 332 g/mol. The summed E-state index contributed by atoms with van der Waals surface area (Å²) in [5.74, 6) is -0.855. The average molecular weight is 333 g/mol. The molecule has 118 valence electrons. The van der Waals surface area contributed by atoms with Crippen LogP contribution in [0.4, 0.5) is 0 Å². The molecule has 2 aromatic rings. The van der Waals surface area contributed by atoms with Crippen molar-refractivity contribution in [2.45, 2.75) is 19.1 Å². The van der Waals surface area contributed by atoms with Crippen LogP contribution >= 0.6 is 11.6 Å². The number of carbonyl (C=O) groups excluding carboxylic acids is 1. The van der Waals surface area contributed by atoms with Crippen LogP contribution in [0.5, 0.6) is 11.5 Å². The lowest BCUT2D eigenvalue weighted by Gasteiger charge is -2.22. The van der Waals surface area contributed by atoms with Gasteiger partial charge in [-0.3, -0.25) is 4.79 Å². The van der Waals surface area contributed by atoms with Gasteiger partial charge in [0.1, 0.15) is 18.1 Å². The molecule has 1 atom stereocenters. The second kappa shape index (κ2) is 6.30. The summed E-state index contributed by atoms with van der Waals surface area (Å²) in [6.45, 7) is 0.320. The van der Waals surface area contributed by atoms with Gasteiger partial charge in [0.15, 0.2) is 5.78 Å². The second-order valence-corrected chi connectivity index (χ2v) is 5.60. The summed E-state index contributed by atoms with van der Waals surface area (Å²) in [6, 6.07) is 12.3. The minimum atomic E-state index is -1.45. The predicted octanol–water partition coefficient (Wildman–Crippen LogP) is 2.88. The third kappa shape index (κ3) is 3.46. The lowest BCUT2D eigenvalue weighted by molar-refractivity contribution is -0.150. The first-order chi connectivity index (χ1) is 11.0. The Bertz CT molecular complexity index is 771. The van der Waals surface area contributed by atoms with E-state index in [9.17, 15) is 9.59 Å². The Balaban J connectivity index is 1.75. The van der Waals surface area contributed by atoms with Gasteiger partial charge in [0.05, 0.1) is 0 Å². The Kier molecular flexibility index (Phi) is 4.21. The largest absolute Gasteiger partial charge is 0.489 e. The van der Waals surface area contributed by atoms with E-state index >= 15 is 0 Å². The highest BCUT2D eigenvalue weighted by Gasteiger charge is 2.33. The summed E-state index contributed by atoms with van der Waals surface area (Å²) in [4.78, 5) is 22.7. The molecule has 0 radical (unpaired) electrons. The van der Waals surface area contributed by atoms with Crippen LogP contribution in [0.15, 0.2) is 42.5 Å². The van der Waals surface area contributed by atoms with Gasteiger partial charge in [-0.1, -0.05) is 29.8 Å². The maximum absolute atomic E-state index is 11.7. The summed E-state index contributed by atoms with van der Waals surface area (Å²) in [5.41, 5.74) is 1.57. The summed E-state index contributed by atoms with van der Waals surface area (Å²) in [7, 11) is 0. The Morgan fingerprint density at radius 2 is 2.13 bits per heavy atom. The molecule has 1 aliphatic heterocycles. The summed E-state index contributed by atoms with van der Waals surface area (Å²) >= 11 is 5.92. The number of aliphatic carboxylic acids is 1. The number of benzene rings is 2. The first kappa shape index (κ1) is 15.4. The van der Waals surface area contributed by atoms with Gasteiger partial charge in [-0.2, -0.15) is 0 Å². The number of ketones is 1. The molecule has 1 aliphatic rings. The third-order valence-electron chi connectivity index (χ3n) is 3.46. The van der Waals surface area contributed by atoms with E-state index in [1.807, 2.05) is 12.1 Å². The summed E-state index contributed by atoms with van der Waals surface area (Å²) < 4.78 is 10.9. The summed E-state index contributed by atoms with van der Waals surface area (Å²) in [5, 5.41) is 9.62. The number of hydrogen-bond acceptors (Lipinski definition) is 4. The van der Waals surface area contributed by atoms with Gasteiger partial charge in [-0.25, -0.2) is 4.79 Å². The zero-order chi connectivity index (χ0) is 16.4. The van der Waals surface area contributed by atoms with Crippen molar-refractivity contribution in [1.82, 2.24) is 0 Å². The molecule has 0 saturated heterocycles. The molecule has 2 aromatic carbocycles. The molecule has 1 unspecified atom stereocenters. The lowest BCUT2D eigenvalue weighted by Crippen LogP contribution is -2.39. The first-order valence-electron chi connectivity index (χ1n) is 6.95. The Hall–Kier alpha value is -2.53. The van der Waals surface area contributed by atoms with Gasteiger partial charge in [0.25, 0.3) is 6.10 Å². The van der Waals surface area contributed by atoms with E-state index < -0.39 is 17.9 Å². The minimum Gasteiger partial charge on any atom is -0.489 e. The van der Waals surface area contributed by atoms with Crippen LogP contribution in [-0.4, -0.2) is 23.0 Å². The molecule has 23 heavy (non-hydrogen) atoms. The molecule has 0 amide bonds. The van der Waals surface area contributed by atoms with Crippen molar-refractivity contribution in [2.75, 3.05) is 0 Å². The molecule has 0 aromatic heterocycles. The number of carboxylic acid groups (broad SMARTS) is 1. The number of hydrogen-bond donors (Lipinski definition) is 1. The van der Waals surface area contributed by atoms with Crippen molar-refractivity contribution in [3.8, 4) is 11.5 Å². The molecule has 0 bridgehead atoms. The van der Waals surface area contributed by atoms with E-state index in [2.05, 4.69) is 0 Å². The highest BCUT2D eigenvalue weighted by molar-refractivity contribution is 6.30. The molecule has 0 aliphatic carbocycles. The normalized spacial score (nSPS) is 16.4. The van der Waals surface area contributed by atoms with Crippen LogP contribution in [0.2, 0.25) is 5.02 Å². The third-order valence-corrected chi connectivity index (χ3v) is 3.69. The number of halogens is 1. The van der Waals surface area contributed by atoms with Crippen molar-refractivity contribution < 1.29 is 24.2 Å². The van der Waals surface area contributed by atoms with E-state index in [-0.39, 0.29) is 6.42 Å². The minimum absolute atomic E-state index is 0.0425. The quantitative estimate of drug-likeness (QED) is 0.872. The van der Waals surface area contributed by atoms with Crippen molar-refractivity contribution in [3.63, 3.8) is 0 Å². The van der Waals surface area contributed by atoms with Gasteiger partial charge in [0.2, 0.25) is 0 Å². The van der Waals surface area contributed by atoms with Crippen molar-refractivity contribution in [2.24, 2.45) is 0 Å². The number of carbonyl (C=O) groups is 2. The lowest BCUT2D eigenvalue weighted by atomic mass is 10.0. The Morgan fingerprint density at radius 3 is 2.87 bits per heavy atom. The Labute approximate surface area is 137 Å².